The summed E-state index contributed by atoms with van der Waals surface area (Å²) in [7, 11) is -4.02. The van der Waals surface area contributed by atoms with Gasteiger partial charge in [0.2, 0.25) is 11.8 Å². The maximum atomic E-state index is 12.2. The molecule has 0 heterocycles. The number of amides is 2. The van der Waals surface area contributed by atoms with Crippen molar-refractivity contribution in [1.29, 1.82) is 0 Å². The number of carboxylic acids is 1. The van der Waals surface area contributed by atoms with Gasteiger partial charge < -0.3 is 26.6 Å². The molecule has 2 atom stereocenters. The third-order valence-corrected chi connectivity index (χ3v) is 6.30. The lowest BCUT2D eigenvalue weighted by molar-refractivity contribution is -0.139. The Balaban J connectivity index is 0.000000294. The monoisotopic (exact) mass is 485 g/mol. The van der Waals surface area contributed by atoms with Crippen LogP contribution in [0.1, 0.15) is 37.7 Å². The highest BCUT2D eigenvalue weighted by atomic mass is 32.2. The zero-order valence-corrected chi connectivity index (χ0v) is 19.1. The number of nitrogens with two attached hydrogens (primary N) is 1. The van der Waals surface area contributed by atoms with Crippen molar-refractivity contribution in [3.05, 3.63) is 29.8 Å². The Labute approximate surface area is 192 Å². The number of nitrogens with one attached hydrogen (secondary N) is 2. The van der Waals surface area contributed by atoms with E-state index in [4.69, 9.17) is 15.4 Å². The topological polar surface area (TPSA) is 196 Å². The first-order valence-corrected chi connectivity index (χ1v) is 12.1. The molecule has 3 rings (SSSR count). The number of carboxylic acid groups (broad SMARTS) is 1. The van der Waals surface area contributed by atoms with Crippen LogP contribution in [0.2, 0.25) is 0 Å². The highest BCUT2D eigenvalue weighted by molar-refractivity contribution is 7.85. The van der Waals surface area contributed by atoms with Gasteiger partial charge in [0.1, 0.15) is 6.04 Å². The van der Waals surface area contributed by atoms with E-state index in [9.17, 15) is 27.9 Å². The minimum Gasteiger partial charge on any atom is -0.481 e. The van der Waals surface area contributed by atoms with Crippen LogP contribution in [0.4, 0.5) is 0 Å². The maximum absolute atomic E-state index is 12.2. The fourth-order valence-electron chi connectivity index (χ4n) is 3.26. The molecule has 0 radical (unpaired) electrons. The molecule has 1 aromatic carbocycles. The SMILES string of the molecule is Cc1ccc(S(=O)(=O)O)cc1.N[C@@H](CC(=O)O)C(=O)N[C@H](CO)C(=O)NC(C1CC1)C1CC1. The number of aliphatic hydroxyl groups excluding tert-OH is 1. The predicted molar refractivity (Wildman–Crippen MR) is 118 cm³/mol. The highest BCUT2D eigenvalue weighted by Crippen LogP contribution is 2.44. The standard InChI is InChI=1S/C14H23N3O5.C7H8O3S/c15-9(5-11(19)20)13(21)16-10(6-18)14(22)17-12(7-1-2-7)8-3-4-8;1-6-2-4-7(5-3-6)11(8,9)10/h7-10,12,18H,1-6,15H2,(H,16,21)(H,17,22)(H,19,20);2-5H,1H3,(H,8,9,10)/t9-,10+;/m0./s1. The fraction of sp³-hybridized carbons (Fsp3) is 0.571. The molecular formula is C21H31N3O8S. The number of rotatable bonds is 10. The summed E-state index contributed by atoms with van der Waals surface area (Å²) in [5.74, 6) is -1.40. The maximum Gasteiger partial charge on any atom is 0.305 e. The lowest BCUT2D eigenvalue weighted by atomic mass is 10.1. The van der Waals surface area contributed by atoms with Crippen LogP contribution in [0.25, 0.3) is 0 Å². The minimum absolute atomic E-state index is 0.0666. The van der Waals surface area contributed by atoms with Gasteiger partial charge in [-0.05, 0) is 56.6 Å². The second kappa shape index (κ2) is 11.5. The van der Waals surface area contributed by atoms with Crippen LogP contribution in [0, 0.1) is 18.8 Å². The van der Waals surface area contributed by atoms with Crippen molar-refractivity contribution in [2.24, 2.45) is 17.6 Å². The van der Waals surface area contributed by atoms with E-state index in [1.54, 1.807) is 12.1 Å². The first-order chi connectivity index (χ1) is 15.4. The van der Waals surface area contributed by atoms with Crippen LogP contribution in [0.15, 0.2) is 29.2 Å². The molecule has 184 valence electrons. The smallest absolute Gasteiger partial charge is 0.305 e. The van der Waals surface area contributed by atoms with Crippen molar-refractivity contribution in [2.45, 2.75) is 62.0 Å². The number of carbonyl (C=O) groups excluding carboxylic acids is 2. The van der Waals surface area contributed by atoms with Gasteiger partial charge in [-0.2, -0.15) is 8.42 Å². The molecule has 0 bridgehead atoms. The molecule has 0 aromatic heterocycles. The van der Waals surface area contributed by atoms with Crippen molar-refractivity contribution in [3.63, 3.8) is 0 Å². The summed E-state index contributed by atoms with van der Waals surface area (Å²) >= 11 is 0. The second-order valence-electron chi connectivity index (χ2n) is 8.45. The van der Waals surface area contributed by atoms with Gasteiger partial charge in [-0.1, -0.05) is 17.7 Å². The fourth-order valence-corrected chi connectivity index (χ4v) is 3.74. The van der Waals surface area contributed by atoms with Crippen LogP contribution in [0.3, 0.4) is 0 Å². The molecular weight excluding hydrogens is 454 g/mol. The average molecular weight is 486 g/mol. The second-order valence-corrected chi connectivity index (χ2v) is 9.87. The van der Waals surface area contributed by atoms with E-state index >= 15 is 0 Å². The number of aliphatic hydroxyl groups is 1. The van der Waals surface area contributed by atoms with E-state index in [1.807, 2.05) is 6.92 Å². The van der Waals surface area contributed by atoms with Gasteiger partial charge in [-0.25, -0.2) is 0 Å². The largest absolute Gasteiger partial charge is 0.481 e. The van der Waals surface area contributed by atoms with Gasteiger partial charge in [0.05, 0.1) is 24.0 Å². The van der Waals surface area contributed by atoms with Gasteiger partial charge in [-0.3, -0.25) is 18.9 Å². The Hall–Kier alpha value is -2.54. The molecule has 0 unspecified atom stereocenters. The molecule has 11 nitrogen and oxygen atoms in total. The number of aryl methyl sites for hydroxylation is 1. The first-order valence-electron chi connectivity index (χ1n) is 10.7. The Bertz CT molecular complexity index is 931. The predicted octanol–water partition coefficient (Wildman–Crippen LogP) is -0.188. The summed E-state index contributed by atoms with van der Waals surface area (Å²) in [6.07, 6.45) is 3.86. The van der Waals surface area contributed by atoms with E-state index < -0.39 is 53.0 Å². The van der Waals surface area contributed by atoms with Crippen LogP contribution >= 0.6 is 0 Å². The lowest BCUT2D eigenvalue weighted by Gasteiger charge is -2.23. The third kappa shape index (κ3) is 9.08. The van der Waals surface area contributed by atoms with Crippen LogP contribution in [0.5, 0.6) is 0 Å². The van der Waals surface area contributed by atoms with Gasteiger partial charge in [-0.15, -0.1) is 0 Å². The number of benzene rings is 1. The molecule has 2 saturated carbocycles. The van der Waals surface area contributed by atoms with Crippen LogP contribution < -0.4 is 16.4 Å². The van der Waals surface area contributed by atoms with Crippen molar-refractivity contribution in [1.82, 2.24) is 10.6 Å². The quantitative estimate of drug-likeness (QED) is 0.243. The van der Waals surface area contributed by atoms with Crippen molar-refractivity contribution in [3.8, 4) is 0 Å². The van der Waals surface area contributed by atoms with Crippen LogP contribution in [-0.2, 0) is 24.5 Å². The Kier molecular flexibility index (Phi) is 9.35. The summed E-state index contributed by atoms with van der Waals surface area (Å²) in [4.78, 5) is 34.4. The summed E-state index contributed by atoms with van der Waals surface area (Å²) in [5.41, 5.74) is 6.39. The van der Waals surface area contributed by atoms with Crippen molar-refractivity contribution >= 4 is 27.9 Å². The first kappa shape index (κ1) is 26.7. The molecule has 1 aromatic rings. The molecule has 0 aliphatic heterocycles. The Morgan fingerprint density at radius 3 is 1.94 bits per heavy atom. The zero-order chi connectivity index (χ0) is 24.8. The van der Waals surface area contributed by atoms with Crippen molar-refractivity contribution in [2.75, 3.05) is 6.61 Å². The number of aliphatic carboxylic acids is 1. The summed E-state index contributed by atoms with van der Waals surface area (Å²) < 4.78 is 29.6. The average Bonchev–Trinajstić information content (AvgIpc) is 3.62. The van der Waals surface area contributed by atoms with E-state index in [1.165, 1.54) is 12.1 Å². The van der Waals surface area contributed by atoms with E-state index in [0.717, 1.165) is 31.2 Å². The summed E-state index contributed by atoms with van der Waals surface area (Å²) in [5, 5.41) is 23.1. The lowest BCUT2D eigenvalue weighted by Crippen LogP contribution is -2.55. The van der Waals surface area contributed by atoms with E-state index in [-0.39, 0.29) is 10.9 Å². The van der Waals surface area contributed by atoms with Crippen LogP contribution in [-0.4, -0.2) is 65.7 Å². The van der Waals surface area contributed by atoms with E-state index in [2.05, 4.69) is 10.6 Å². The number of hydrogen-bond donors (Lipinski definition) is 6. The van der Waals surface area contributed by atoms with Gasteiger partial charge in [0.15, 0.2) is 0 Å². The molecule has 0 spiro atoms. The molecule has 7 N–H and O–H groups in total. The van der Waals surface area contributed by atoms with Crippen molar-refractivity contribution < 1.29 is 37.6 Å². The van der Waals surface area contributed by atoms with E-state index in [0.29, 0.717) is 11.8 Å². The Morgan fingerprint density at radius 1 is 1.03 bits per heavy atom. The third-order valence-electron chi connectivity index (χ3n) is 5.43. The molecule has 2 amide bonds. The molecule has 12 heteroatoms. The molecule has 2 aliphatic carbocycles. The summed E-state index contributed by atoms with van der Waals surface area (Å²) in [6.45, 7) is 1.28. The molecule has 33 heavy (non-hydrogen) atoms. The minimum atomic E-state index is -4.02. The number of hydrogen-bond acceptors (Lipinski definition) is 7. The van der Waals surface area contributed by atoms with Gasteiger partial charge in [0.25, 0.3) is 10.1 Å². The number of carbonyl (C=O) groups is 3. The van der Waals surface area contributed by atoms with Gasteiger partial charge in [0, 0.05) is 6.04 Å². The zero-order valence-electron chi connectivity index (χ0n) is 18.3. The molecule has 0 saturated heterocycles. The summed E-state index contributed by atoms with van der Waals surface area (Å²) in [6, 6.07) is 3.75. The molecule has 2 aliphatic rings. The Morgan fingerprint density at radius 2 is 1.55 bits per heavy atom. The molecule has 2 fully saturated rings. The normalized spacial score (nSPS) is 17.4. The highest BCUT2D eigenvalue weighted by Gasteiger charge is 2.43. The van der Waals surface area contributed by atoms with Gasteiger partial charge >= 0.3 is 5.97 Å².